The van der Waals surface area contributed by atoms with Crippen LogP contribution in [0.5, 0.6) is 0 Å². The standard InChI is InChI=1S/C6H17ClN3OP/c1-5(2)9-12(8,11)10(7)6(3)4/h5-6H,1-4H3,(H3,8,9,11). The molecule has 1 atom stereocenters. The molecule has 4 nitrogen and oxygen atoms in total. The molecule has 0 aromatic heterocycles. The summed E-state index contributed by atoms with van der Waals surface area (Å²) in [6.07, 6.45) is 0. The molecule has 0 aromatic carbocycles. The van der Waals surface area contributed by atoms with Crippen molar-refractivity contribution in [3.63, 3.8) is 0 Å². The van der Waals surface area contributed by atoms with Crippen molar-refractivity contribution in [1.82, 2.24) is 9.28 Å². The highest BCUT2D eigenvalue weighted by Crippen LogP contribution is 2.40. The average molecular weight is 214 g/mol. The molecule has 0 radical (unpaired) electrons. The van der Waals surface area contributed by atoms with Gasteiger partial charge in [-0.05, 0) is 39.5 Å². The van der Waals surface area contributed by atoms with Crippen LogP contribution in [-0.2, 0) is 4.57 Å². The molecule has 0 saturated heterocycles. The fourth-order valence-electron chi connectivity index (χ4n) is 0.768. The summed E-state index contributed by atoms with van der Waals surface area (Å²) >= 11 is 5.73. The molecule has 0 amide bonds. The van der Waals surface area contributed by atoms with Crippen LogP contribution in [-0.4, -0.2) is 16.3 Å². The quantitative estimate of drug-likeness (QED) is 0.553. The Hall–Kier alpha value is 0.400. The number of hydrogen-bond acceptors (Lipinski definition) is 1. The van der Waals surface area contributed by atoms with E-state index >= 15 is 0 Å². The molecule has 0 rings (SSSR count). The molecule has 0 aromatic rings. The van der Waals surface area contributed by atoms with Crippen LogP contribution in [0.2, 0.25) is 0 Å². The molecular weight excluding hydrogens is 197 g/mol. The van der Waals surface area contributed by atoms with Crippen molar-refractivity contribution in [2.75, 3.05) is 0 Å². The van der Waals surface area contributed by atoms with Gasteiger partial charge in [-0.15, -0.1) is 4.19 Å². The average Bonchev–Trinajstić information content (AvgIpc) is 1.82. The summed E-state index contributed by atoms with van der Waals surface area (Å²) in [4.78, 5) is 0. The van der Waals surface area contributed by atoms with Gasteiger partial charge in [-0.3, -0.25) is 10.1 Å². The summed E-state index contributed by atoms with van der Waals surface area (Å²) < 4.78 is 12.8. The Morgan fingerprint density at radius 1 is 1.42 bits per heavy atom. The van der Waals surface area contributed by atoms with E-state index in [1.54, 1.807) is 0 Å². The lowest BCUT2D eigenvalue weighted by Crippen LogP contribution is -2.34. The van der Waals surface area contributed by atoms with Crippen LogP contribution in [0.1, 0.15) is 27.7 Å². The predicted octanol–water partition coefficient (Wildman–Crippen LogP) is 1.92. The Kier molecular flexibility index (Phi) is 4.74. The Morgan fingerprint density at radius 2 is 1.83 bits per heavy atom. The molecule has 0 aliphatic carbocycles. The predicted molar refractivity (Wildman–Crippen MR) is 52.9 cm³/mol. The second-order valence-corrected chi connectivity index (χ2v) is 5.82. The lowest BCUT2D eigenvalue weighted by atomic mass is 10.4. The van der Waals surface area contributed by atoms with Gasteiger partial charge in [0, 0.05) is 12.1 Å². The lowest BCUT2D eigenvalue weighted by Gasteiger charge is -2.26. The van der Waals surface area contributed by atoms with Crippen LogP contribution in [0.4, 0.5) is 0 Å². The first kappa shape index (κ1) is 12.4. The van der Waals surface area contributed by atoms with Gasteiger partial charge in [0.05, 0.1) is 0 Å². The van der Waals surface area contributed by atoms with Crippen molar-refractivity contribution in [3.8, 4) is 0 Å². The van der Waals surface area contributed by atoms with Gasteiger partial charge in [-0.25, -0.2) is 5.09 Å². The van der Waals surface area contributed by atoms with Crippen LogP contribution in [0.15, 0.2) is 0 Å². The van der Waals surface area contributed by atoms with E-state index in [0.29, 0.717) is 0 Å². The molecule has 6 heteroatoms. The maximum atomic E-state index is 11.6. The summed E-state index contributed by atoms with van der Waals surface area (Å²) in [6.45, 7) is 7.39. The fraction of sp³-hybridized carbons (Fsp3) is 1.00. The molecule has 3 N–H and O–H groups in total. The van der Waals surface area contributed by atoms with Gasteiger partial charge in [-0.1, -0.05) is 0 Å². The third-order valence-corrected chi connectivity index (χ3v) is 4.13. The summed E-state index contributed by atoms with van der Waals surface area (Å²) in [5, 5.41) is 2.73. The van der Waals surface area contributed by atoms with E-state index in [4.69, 9.17) is 17.3 Å². The highest BCUT2D eigenvalue weighted by atomic mass is 35.5. The zero-order valence-corrected chi connectivity index (χ0v) is 9.56. The highest BCUT2D eigenvalue weighted by molar-refractivity contribution is 7.58. The third kappa shape index (κ3) is 3.87. The molecule has 0 aliphatic rings. The normalized spacial score (nSPS) is 17.4. The van der Waals surface area contributed by atoms with Gasteiger partial charge in [0.25, 0.3) is 7.59 Å². The number of rotatable bonds is 4. The summed E-state index contributed by atoms with van der Waals surface area (Å²) in [5.74, 6) is 0. The largest absolute Gasteiger partial charge is 0.293 e. The van der Waals surface area contributed by atoms with Crippen molar-refractivity contribution in [2.24, 2.45) is 5.50 Å². The molecule has 0 heterocycles. The Labute approximate surface area is 79.1 Å². The number of nitrogens with two attached hydrogens (primary N) is 1. The van der Waals surface area contributed by atoms with Gasteiger partial charge in [0.1, 0.15) is 0 Å². The van der Waals surface area contributed by atoms with Crippen molar-refractivity contribution >= 4 is 19.4 Å². The van der Waals surface area contributed by atoms with E-state index in [1.807, 2.05) is 27.7 Å². The van der Waals surface area contributed by atoms with Crippen LogP contribution >= 0.6 is 19.4 Å². The zero-order valence-electron chi connectivity index (χ0n) is 7.91. The lowest BCUT2D eigenvalue weighted by molar-refractivity contribution is 0.472. The van der Waals surface area contributed by atoms with Crippen molar-refractivity contribution < 1.29 is 4.57 Å². The van der Waals surface area contributed by atoms with Crippen LogP contribution in [0, 0.1) is 0 Å². The van der Waals surface area contributed by atoms with Gasteiger partial charge >= 0.3 is 0 Å². The van der Waals surface area contributed by atoms with Crippen molar-refractivity contribution in [1.29, 1.82) is 0 Å². The zero-order chi connectivity index (χ0) is 9.94. The molecule has 0 spiro atoms. The minimum atomic E-state index is -3.05. The molecule has 12 heavy (non-hydrogen) atoms. The maximum absolute atomic E-state index is 11.6. The first-order valence-electron chi connectivity index (χ1n) is 3.89. The van der Waals surface area contributed by atoms with Gasteiger partial charge in [0.2, 0.25) is 0 Å². The molecule has 0 saturated carbocycles. The topological polar surface area (TPSA) is 58.4 Å². The fourth-order valence-corrected chi connectivity index (χ4v) is 2.44. The van der Waals surface area contributed by atoms with Crippen LogP contribution < -0.4 is 10.6 Å². The summed E-state index contributed by atoms with van der Waals surface area (Å²) in [5.41, 5.74) is 5.50. The number of hydrogen-bond donors (Lipinski definition) is 2. The molecule has 0 aliphatic heterocycles. The van der Waals surface area contributed by atoms with Crippen LogP contribution in [0.25, 0.3) is 0 Å². The summed E-state index contributed by atoms with van der Waals surface area (Å²) in [7, 11) is -3.05. The van der Waals surface area contributed by atoms with Crippen molar-refractivity contribution in [2.45, 2.75) is 39.8 Å². The second-order valence-electron chi connectivity index (χ2n) is 3.29. The van der Waals surface area contributed by atoms with Gasteiger partial charge < -0.3 is 0 Å². The first-order valence-corrected chi connectivity index (χ1v) is 5.96. The Morgan fingerprint density at radius 3 is 2.08 bits per heavy atom. The van der Waals surface area contributed by atoms with Crippen LogP contribution in [0.3, 0.4) is 0 Å². The highest BCUT2D eigenvalue weighted by Gasteiger charge is 2.27. The minimum absolute atomic E-state index is 0.0475. The van der Waals surface area contributed by atoms with E-state index in [2.05, 4.69) is 5.09 Å². The number of nitrogens with one attached hydrogen (secondary N) is 1. The van der Waals surface area contributed by atoms with Gasteiger partial charge in [0.15, 0.2) is 0 Å². The van der Waals surface area contributed by atoms with E-state index in [1.165, 1.54) is 0 Å². The molecule has 1 unspecified atom stereocenters. The monoisotopic (exact) mass is 213 g/mol. The van der Waals surface area contributed by atoms with E-state index in [-0.39, 0.29) is 12.1 Å². The Bertz CT molecular complexity index is 186. The smallest absolute Gasteiger partial charge is 0.270 e. The molecule has 74 valence electrons. The minimum Gasteiger partial charge on any atom is -0.270 e. The number of nitrogens with zero attached hydrogens (tertiary/aromatic N) is 1. The first-order chi connectivity index (χ1) is 5.27. The van der Waals surface area contributed by atoms with Crippen molar-refractivity contribution in [3.05, 3.63) is 0 Å². The summed E-state index contributed by atoms with van der Waals surface area (Å²) in [6, 6.07) is 0.00887. The molecule has 0 fully saturated rings. The Balaban J connectivity index is 4.29. The SMILES string of the molecule is CC(C)NP(N)(=O)N(Cl)C(C)C. The second kappa shape index (κ2) is 4.58. The van der Waals surface area contributed by atoms with E-state index in [0.717, 1.165) is 4.19 Å². The van der Waals surface area contributed by atoms with E-state index < -0.39 is 7.59 Å². The maximum Gasteiger partial charge on any atom is 0.293 e. The van der Waals surface area contributed by atoms with E-state index in [9.17, 15) is 4.57 Å². The number of halogens is 1. The molecule has 0 bridgehead atoms. The third-order valence-electron chi connectivity index (χ3n) is 1.15. The molecular formula is C6H17ClN3OP. The van der Waals surface area contributed by atoms with Gasteiger partial charge in [-0.2, -0.15) is 0 Å².